The predicted octanol–water partition coefficient (Wildman–Crippen LogP) is 9.77. The van der Waals surface area contributed by atoms with E-state index in [-0.39, 0.29) is 32.6 Å². The van der Waals surface area contributed by atoms with E-state index in [0.29, 0.717) is 12.8 Å². The fraction of sp³-hybridized carbons (Fsp3) is 0.684. The van der Waals surface area contributed by atoms with E-state index in [0.717, 1.165) is 77.0 Å². The minimum Gasteiger partial charge on any atom is -0.462 e. The maximum Gasteiger partial charge on any atom is 0.472 e. The molecule has 0 saturated carbocycles. The standard InChI is InChI=1S/C38H66NO8P/c1-3-5-7-9-11-13-15-17-18-19-21-23-25-27-29-31-38(41)47-36(35-46-48(42,43)45-33-32-39)34-44-37(40)30-28-26-24-22-20-16-14-12-10-8-6-4-2/h5,7,11-14,17-18,21,23,36H,3-4,6,8-10,15-16,19-20,22,24-35,39H2,1-2H3,(H,42,43)/b7-5-,13-11-,14-12-,18-17-,23-21-. The van der Waals surface area contributed by atoms with E-state index in [1.807, 2.05) is 0 Å². The van der Waals surface area contributed by atoms with E-state index < -0.39 is 32.5 Å². The summed E-state index contributed by atoms with van der Waals surface area (Å²) < 4.78 is 32.5. The van der Waals surface area contributed by atoms with Crippen LogP contribution in [-0.2, 0) is 32.7 Å². The van der Waals surface area contributed by atoms with Crippen LogP contribution >= 0.6 is 7.82 Å². The Balaban J connectivity index is 4.36. The second-order valence-corrected chi connectivity index (χ2v) is 13.2. The number of hydrogen-bond donors (Lipinski definition) is 2. The van der Waals surface area contributed by atoms with E-state index >= 15 is 0 Å². The highest BCUT2D eigenvalue weighted by atomic mass is 31.2. The summed E-state index contributed by atoms with van der Waals surface area (Å²) in [5.74, 6) is -0.896. The Morgan fingerprint density at radius 2 is 1.15 bits per heavy atom. The van der Waals surface area contributed by atoms with Crippen molar-refractivity contribution in [2.45, 2.75) is 142 Å². The Hall–Kier alpha value is -2.29. The molecule has 0 aliphatic rings. The Bertz CT molecular complexity index is 976. The number of rotatable bonds is 33. The van der Waals surface area contributed by atoms with Gasteiger partial charge in [-0.05, 0) is 77.0 Å². The van der Waals surface area contributed by atoms with Crippen LogP contribution in [0, 0.1) is 0 Å². The van der Waals surface area contributed by atoms with E-state index in [2.05, 4.69) is 74.6 Å². The largest absolute Gasteiger partial charge is 0.472 e. The first kappa shape index (κ1) is 45.7. The van der Waals surface area contributed by atoms with Gasteiger partial charge in [-0.1, -0.05) is 107 Å². The second kappa shape index (κ2) is 34.6. The van der Waals surface area contributed by atoms with Gasteiger partial charge in [0.2, 0.25) is 0 Å². The lowest BCUT2D eigenvalue weighted by atomic mass is 10.1. The minimum absolute atomic E-state index is 0.0427. The van der Waals surface area contributed by atoms with Gasteiger partial charge in [0.05, 0.1) is 13.2 Å². The topological polar surface area (TPSA) is 134 Å². The van der Waals surface area contributed by atoms with Crippen molar-refractivity contribution in [2.24, 2.45) is 5.73 Å². The number of nitrogens with two attached hydrogens (primary N) is 1. The van der Waals surface area contributed by atoms with Crippen molar-refractivity contribution in [2.75, 3.05) is 26.4 Å². The van der Waals surface area contributed by atoms with Crippen LogP contribution in [0.15, 0.2) is 60.8 Å². The number of carbonyl (C=O) groups excluding carboxylic acids is 2. The number of phosphoric ester groups is 1. The minimum atomic E-state index is -4.38. The van der Waals surface area contributed by atoms with Gasteiger partial charge < -0.3 is 20.1 Å². The summed E-state index contributed by atoms with van der Waals surface area (Å²) in [5.41, 5.74) is 5.32. The molecule has 2 atom stereocenters. The molecular formula is C38H66NO8P. The Kier molecular flexibility index (Phi) is 32.9. The SMILES string of the molecule is CC/C=C\C/C=C\C/C=C\C/C=C\CCCCC(=O)OC(COC(=O)CCCCCCC/C=C\CCCCC)COP(=O)(O)OCCN. The van der Waals surface area contributed by atoms with Crippen molar-refractivity contribution >= 4 is 19.8 Å². The van der Waals surface area contributed by atoms with Crippen molar-refractivity contribution in [3.63, 3.8) is 0 Å². The lowest BCUT2D eigenvalue weighted by Crippen LogP contribution is -2.29. The van der Waals surface area contributed by atoms with Gasteiger partial charge in [0, 0.05) is 19.4 Å². The smallest absolute Gasteiger partial charge is 0.462 e. The Morgan fingerprint density at radius 3 is 1.77 bits per heavy atom. The van der Waals surface area contributed by atoms with Gasteiger partial charge >= 0.3 is 19.8 Å². The average molecular weight is 696 g/mol. The van der Waals surface area contributed by atoms with Crippen LogP contribution in [0.1, 0.15) is 136 Å². The molecule has 0 heterocycles. The predicted molar refractivity (Wildman–Crippen MR) is 196 cm³/mol. The first-order valence-electron chi connectivity index (χ1n) is 18.3. The number of allylic oxidation sites excluding steroid dienone is 10. The molecule has 0 aromatic heterocycles. The van der Waals surface area contributed by atoms with Crippen molar-refractivity contribution in [1.82, 2.24) is 0 Å². The van der Waals surface area contributed by atoms with Crippen LogP contribution in [0.4, 0.5) is 0 Å². The number of esters is 2. The first-order valence-corrected chi connectivity index (χ1v) is 19.8. The quantitative estimate of drug-likeness (QED) is 0.0298. The molecule has 0 aromatic carbocycles. The molecule has 3 N–H and O–H groups in total. The molecule has 10 heteroatoms. The summed E-state index contributed by atoms with van der Waals surface area (Å²) >= 11 is 0. The molecule has 9 nitrogen and oxygen atoms in total. The third-order valence-corrected chi connectivity index (χ3v) is 8.12. The van der Waals surface area contributed by atoms with Crippen LogP contribution in [0.3, 0.4) is 0 Å². The van der Waals surface area contributed by atoms with Crippen LogP contribution in [0.5, 0.6) is 0 Å². The van der Waals surface area contributed by atoms with Gasteiger partial charge in [-0.15, -0.1) is 0 Å². The summed E-state index contributed by atoms with van der Waals surface area (Å²) in [7, 11) is -4.38. The van der Waals surface area contributed by atoms with Crippen LogP contribution in [0.2, 0.25) is 0 Å². The molecule has 0 saturated heterocycles. The number of unbranched alkanes of at least 4 members (excludes halogenated alkanes) is 10. The third-order valence-electron chi connectivity index (χ3n) is 7.14. The molecule has 0 rings (SSSR count). The molecule has 0 aliphatic heterocycles. The molecule has 0 amide bonds. The molecule has 0 spiro atoms. The zero-order valence-electron chi connectivity index (χ0n) is 29.9. The van der Waals surface area contributed by atoms with Gasteiger partial charge in [0.15, 0.2) is 6.10 Å². The molecule has 276 valence electrons. The number of ether oxygens (including phenoxy) is 2. The lowest BCUT2D eigenvalue weighted by Gasteiger charge is -2.19. The van der Waals surface area contributed by atoms with Gasteiger partial charge in [0.1, 0.15) is 6.61 Å². The maximum atomic E-state index is 12.5. The maximum absolute atomic E-state index is 12.5. The molecule has 2 unspecified atom stereocenters. The Morgan fingerprint density at radius 1 is 0.646 bits per heavy atom. The fourth-order valence-electron chi connectivity index (χ4n) is 4.44. The van der Waals surface area contributed by atoms with Crippen LogP contribution < -0.4 is 5.73 Å². The van der Waals surface area contributed by atoms with E-state index in [1.54, 1.807) is 0 Å². The second-order valence-electron chi connectivity index (χ2n) is 11.7. The van der Waals surface area contributed by atoms with Crippen molar-refractivity contribution in [3.05, 3.63) is 60.8 Å². The summed E-state index contributed by atoms with van der Waals surface area (Å²) in [4.78, 5) is 34.6. The van der Waals surface area contributed by atoms with Gasteiger partial charge in [-0.2, -0.15) is 0 Å². The summed E-state index contributed by atoms with van der Waals surface area (Å²) in [5, 5.41) is 0. The van der Waals surface area contributed by atoms with Crippen LogP contribution in [0.25, 0.3) is 0 Å². The van der Waals surface area contributed by atoms with E-state index in [4.69, 9.17) is 24.3 Å². The molecule has 0 bridgehead atoms. The first-order chi connectivity index (χ1) is 23.3. The number of carbonyl (C=O) groups is 2. The third kappa shape index (κ3) is 33.6. The Labute approximate surface area is 291 Å². The molecule has 0 fully saturated rings. The average Bonchev–Trinajstić information content (AvgIpc) is 3.07. The highest BCUT2D eigenvalue weighted by Gasteiger charge is 2.25. The molecule has 0 radical (unpaired) electrons. The monoisotopic (exact) mass is 695 g/mol. The van der Waals surface area contributed by atoms with Gasteiger partial charge in [0.25, 0.3) is 0 Å². The summed E-state index contributed by atoms with van der Waals surface area (Å²) in [6.07, 6.45) is 38.3. The fourth-order valence-corrected chi connectivity index (χ4v) is 5.21. The summed E-state index contributed by atoms with van der Waals surface area (Å²) in [6.45, 7) is 3.50. The zero-order valence-corrected chi connectivity index (χ0v) is 30.8. The normalized spacial score (nSPS) is 14.2. The van der Waals surface area contributed by atoms with Crippen molar-refractivity contribution in [1.29, 1.82) is 0 Å². The molecule has 48 heavy (non-hydrogen) atoms. The summed E-state index contributed by atoms with van der Waals surface area (Å²) in [6, 6.07) is 0. The van der Waals surface area contributed by atoms with E-state index in [1.165, 1.54) is 19.3 Å². The molecule has 0 aliphatic carbocycles. The van der Waals surface area contributed by atoms with E-state index in [9.17, 15) is 19.0 Å². The van der Waals surface area contributed by atoms with Crippen molar-refractivity contribution < 1.29 is 37.6 Å². The highest BCUT2D eigenvalue weighted by Crippen LogP contribution is 2.43. The molecular weight excluding hydrogens is 629 g/mol. The van der Waals surface area contributed by atoms with Crippen LogP contribution in [-0.4, -0.2) is 49.3 Å². The number of phosphoric acid groups is 1. The number of hydrogen-bond acceptors (Lipinski definition) is 8. The van der Waals surface area contributed by atoms with Gasteiger partial charge in [-0.25, -0.2) is 4.57 Å². The lowest BCUT2D eigenvalue weighted by molar-refractivity contribution is -0.161. The zero-order chi connectivity index (χ0) is 35.4. The highest BCUT2D eigenvalue weighted by molar-refractivity contribution is 7.47. The molecule has 0 aromatic rings. The van der Waals surface area contributed by atoms with Crippen molar-refractivity contribution in [3.8, 4) is 0 Å². The van der Waals surface area contributed by atoms with Gasteiger partial charge in [-0.3, -0.25) is 18.6 Å².